The highest BCUT2D eigenvalue weighted by Crippen LogP contribution is 2.12. The first-order valence-electron chi connectivity index (χ1n) is 22.7. The number of primary amides is 1. The Balaban J connectivity index is 2.95. The molecule has 8 atom stereocenters. The summed E-state index contributed by atoms with van der Waals surface area (Å²) < 4.78 is 0. The first kappa shape index (κ1) is 63.0. The van der Waals surface area contributed by atoms with Gasteiger partial charge in [0.05, 0.1) is 38.4 Å². The van der Waals surface area contributed by atoms with Gasteiger partial charge in [-0.1, -0.05) is 12.1 Å². The Bertz CT molecular complexity index is 2120. The standard InChI is InChI=1S/C43H66N12O18/c1-21(56)36(42(72)49-18-31(61)46-17-30(60)47-19-32(62)51-26(38(45)68)6-4-5-15-44)54-33(63)20-48-39(69)27(11-13-34(64)65)53-43(73)37(22(2)57)55-40(70)28(12-14-35(66)67)52-41(71)29(50-23(3)58)16-24-7-9-25(59)10-8-24/h7-10,21-22,26-29,36-37,56-57,59H,4-6,11-20,44H2,1-3H3,(H2,45,68)(H,46,61)(H,47,60)(H,48,69)(H,49,72)(H,50,58)(H,51,62)(H,52,71)(H,53,73)(H,54,63)(H,55,70)(H,64,65)(H,66,67)/t21?,22-,26+,27+,28+,29+,36+,37?/m1/s1. The maximum atomic E-state index is 13.6. The third kappa shape index (κ3) is 26.2. The van der Waals surface area contributed by atoms with E-state index in [9.17, 15) is 87.9 Å². The van der Waals surface area contributed by atoms with Gasteiger partial charge in [-0.3, -0.25) is 62.3 Å². The Hall–Kier alpha value is -7.99. The number of aliphatic hydroxyl groups excluding tert-OH is 2. The predicted octanol–water partition coefficient (Wildman–Crippen LogP) is -7.57. The van der Waals surface area contributed by atoms with E-state index < -0.39 is 177 Å². The molecule has 0 aliphatic carbocycles. The second-order valence-electron chi connectivity index (χ2n) is 16.4. The Labute approximate surface area is 417 Å². The minimum absolute atomic E-state index is 0.0849. The molecule has 0 fully saturated rings. The molecule has 0 radical (unpaired) electrons. The third-order valence-electron chi connectivity index (χ3n) is 10.1. The van der Waals surface area contributed by atoms with E-state index in [1.165, 1.54) is 24.3 Å². The summed E-state index contributed by atoms with van der Waals surface area (Å²) in [7, 11) is 0. The zero-order valence-electron chi connectivity index (χ0n) is 40.3. The van der Waals surface area contributed by atoms with Crippen LogP contribution >= 0.6 is 0 Å². The first-order chi connectivity index (χ1) is 34.2. The number of aliphatic carboxylic acids is 2. The molecular formula is C43H66N12O18. The predicted molar refractivity (Wildman–Crippen MR) is 250 cm³/mol. The number of hydrogen-bond acceptors (Lipinski definition) is 17. The Morgan fingerprint density at radius 1 is 0.507 bits per heavy atom. The zero-order chi connectivity index (χ0) is 55.4. The SMILES string of the molecule is CC(=O)N[C@@H](Cc1ccc(O)cc1)C(=O)N[C@@H](CCC(=O)O)C(=O)NC(C(=O)N[C@@H](CCC(=O)O)C(=O)NCC(=O)N[C@H](C(=O)NCC(=O)NCC(=O)NCC(=O)N[C@@H](CCCCN)C(N)=O)C(C)O)[C@@H](C)O. The fourth-order valence-electron chi connectivity index (χ4n) is 6.29. The highest BCUT2D eigenvalue weighted by molar-refractivity contribution is 5.97. The van der Waals surface area contributed by atoms with Crippen molar-refractivity contribution in [2.45, 2.75) is 121 Å². The van der Waals surface area contributed by atoms with Crippen LogP contribution in [0.4, 0.5) is 0 Å². The number of unbranched alkanes of at least 4 members (excludes halogenated alkanes) is 1. The fourth-order valence-corrected chi connectivity index (χ4v) is 6.29. The summed E-state index contributed by atoms with van der Waals surface area (Å²) in [6.07, 6.45) is -4.79. The Morgan fingerprint density at radius 2 is 0.959 bits per heavy atom. The monoisotopic (exact) mass is 1040 g/mol. The molecule has 19 N–H and O–H groups in total. The van der Waals surface area contributed by atoms with Crippen LogP contribution in [0.1, 0.15) is 71.3 Å². The van der Waals surface area contributed by atoms with Gasteiger partial charge in [-0.25, -0.2) is 0 Å². The van der Waals surface area contributed by atoms with E-state index in [1.54, 1.807) is 0 Å². The second kappa shape index (κ2) is 32.8. The second-order valence-corrected chi connectivity index (χ2v) is 16.4. The summed E-state index contributed by atoms with van der Waals surface area (Å²) in [4.78, 5) is 163. The van der Waals surface area contributed by atoms with E-state index in [0.717, 1.165) is 20.8 Å². The van der Waals surface area contributed by atoms with Gasteiger partial charge in [0.2, 0.25) is 65.0 Å². The fraction of sp³-hybridized carbons (Fsp3) is 0.558. The van der Waals surface area contributed by atoms with Crippen LogP contribution in [0.15, 0.2) is 24.3 Å². The van der Waals surface area contributed by atoms with Crippen molar-refractivity contribution < 1.29 is 87.9 Å². The molecule has 1 aromatic rings. The molecule has 0 aliphatic heterocycles. The van der Waals surface area contributed by atoms with Gasteiger partial charge in [0, 0.05) is 26.2 Å². The summed E-state index contributed by atoms with van der Waals surface area (Å²) >= 11 is 0. The van der Waals surface area contributed by atoms with Crippen molar-refractivity contribution in [2.24, 2.45) is 11.5 Å². The molecule has 30 nitrogen and oxygen atoms in total. The van der Waals surface area contributed by atoms with Crippen LogP contribution in [-0.4, -0.2) is 184 Å². The maximum Gasteiger partial charge on any atom is 0.303 e. The van der Waals surface area contributed by atoms with Crippen molar-refractivity contribution in [3.05, 3.63) is 29.8 Å². The largest absolute Gasteiger partial charge is 0.508 e. The van der Waals surface area contributed by atoms with Crippen LogP contribution in [-0.2, 0) is 68.7 Å². The molecule has 1 rings (SSSR count). The van der Waals surface area contributed by atoms with E-state index in [-0.39, 0.29) is 18.6 Å². The number of carbonyl (C=O) groups excluding carboxylic acids is 11. The van der Waals surface area contributed by atoms with Gasteiger partial charge in [0.25, 0.3) is 0 Å². The molecular weight excluding hydrogens is 973 g/mol. The molecule has 0 aromatic heterocycles. The van der Waals surface area contributed by atoms with E-state index >= 15 is 0 Å². The number of benzene rings is 1. The summed E-state index contributed by atoms with van der Waals surface area (Å²) in [5.74, 6) is -13.7. The van der Waals surface area contributed by atoms with Crippen molar-refractivity contribution in [3.63, 3.8) is 0 Å². The van der Waals surface area contributed by atoms with Crippen molar-refractivity contribution in [1.29, 1.82) is 0 Å². The van der Waals surface area contributed by atoms with Crippen LogP contribution in [0.3, 0.4) is 0 Å². The number of hydrogen-bond donors (Lipinski definition) is 17. The van der Waals surface area contributed by atoms with E-state index in [4.69, 9.17) is 11.5 Å². The quantitative estimate of drug-likeness (QED) is 0.0285. The first-order valence-corrected chi connectivity index (χ1v) is 22.7. The van der Waals surface area contributed by atoms with E-state index in [1.807, 2.05) is 0 Å². The number of nitrogens with one attached hydrogen (secondary N) is 10. The molecule has 2 unspecified atom stereocenters. The molecule has 0 saturated heterocycles. The Kier molecular flexibility index (Phi) is 28.3. The molecule has 406 valence electrons. The van der Waals surface area contributed by atoms with Crippen LogP contribution < -0.4 is 64.6 Å². The number of phenolic OH excluding ortho intramolecular Hbond substituents is 1. The number of carbonyl (C=O) groups is 13. The van der Waals surface area contributed by atoms with Gasteiger partial charge in [0.15, 0.2) is 0 Å². The number of carboxylic acids is 2. The molecule has 0 spiro atoms. The number of rotatable bonds is 34. The van der Waals surface area contributed by atoms with Gasteiger partial charge in [0.1, 0.15) is 42.0 Å². The minimum Gasteiger partial charge on any atom is -0.508 e. The van der Waals surface area contributed by atoms with Crippen molar-refractivity contribution >= 4 is 76.9 Å². The number of carboxylic acid groups (broad SMARTS) is 2. The average molecular weight is 1040 g/mol. The van der Waals surface area contributed by atoms with E-state index in [2.05, 4.69) is 53.2 Å². The molecule has 0 bridgehead atoms. The van der Waals surface area contributed by atoms with E-state index in [0.29, 0.717) is 24.9 Å². The van der Waals surface area contributed by atoms with Crippen LogP contribution in [0, 0.1) is 0 Å². The minimum atomic E-state index is -1.94. The number of aliphatic hydroxyl groups is 2. The molecule has 1 aromatic carbocycles. The summed E-state index contributed by atoms with van der Waals surface area (Å²) in [5.41, 5.74) is 11.2. The van der Waals surface area contributed by atoms with Gasteiger partial charge in [-0.05, 0) is 70.2 Å². The molecule has 73 heavy (non-hydrogen) atoms. The normalized spacial score (nSPS) is 14.0. The van der Waals surface area contributed by atoms with Gasteiger partial charge in [-0.2, -0.15) is 0 Å². The van der Waals surface area contributed by atoms with Crippen molar-refractivity contribution in [2.75, 3.05) is 32.7 Å². The maximum absolute atomic E-state index is 13.6. The smallest absolute Gasteiger partial charge is 0.303 e. The number of nitrogens with two attached hydrogens (primary N) is 2. The molecule has 11 amide bonds. The lowest BCUT2D eigenvalue weighted by Gasteiger charge is -2.27. The van der Waals surface area contributed by atoms with Gasteiger partial charge >= 0.3 is 11.9 Å². The third-order valence-corrected chi connectivity index (χ3v) is 10.1. The molecule has 0 aliphatic rings. The zero-order valence-corrected chi connectivity index (χ0v) is 40.3. The summed E-state index contributed by atoms with van der Waals surface area (Å²) in [6, 6.07) is -3.90. The molecule has 0 saturated carbocycles. The van der Waals surface area contributed by atoms with Crippen LogP contribution in [0.2, 0.25) is 0 Å². The highest BCUT2D eigenvalue weighted by Gasteiger charge is 2.34. The average Bonchev–Trinajstić information content (AvgIpc) is 3.31. The lowest BCUT2D eigenvalue weighted by atomic mass is 10.0. The molecule has 30 heteroatoms. The van der Waals surface area contributed by atoms with Gasteiger partial charge < -0.3 is 90.2 Å². The highest BCUT2D eigenvalue weighted by atomic mass is 16.4. The van der Waals surface area contributed by atoms with Crippen LogP contribution in [0.25, 0.3) is 0 Å². The number of aromatic hydroxyl groups is 1. The lowest BCUT2D eigenvalue weighted by molar-refractivity contribution is -0.139. The Morgan fingerprint density at radius 3 is 1.47 bits per heavy atom. The summed E-state index contributed by atoms with van der Waals surface area (Å²) in [6.45, 7) is 0.667. The topological polar surface area (TPSA) is 495 Å². The van der Waals surface area contributed by atoms with Crippen LogP contribution in [0.5, 0.6) is 5.75 Å². The number of amides is 11. The van der Waals surface area contributed by atoms with Crippen molar-refractivity contribution in [1.82, 2.24) is 53.2 Å². The van der Waals surface area contributed by atoms with Gasteiger partial charge in [-0.15, -0.1) is 0 Å². The lowest BCUT2D eigenvalue weighted by Crippen LogP contribution is -2.61. The van der Waals surface area contributed by atoms with Crippen molar-refractivity contribution in [3.8, 4) is 5.75 Å². The molecule has 0 heterocycles. The summed E-state index contributed by atoms with van der Waals surface area (Å²) in [5, 5.41) is 71.2. The number of phenols is 1.